The van der Waals surface area contributed by atoms with Crippen molar-refractivity contribution in [1.82, 2.24) is 5.32 Å². The minimum Gasteiger partial charge on any atom is -0.384 e. The molecule has 0 aromatic heterocycles. The molecule has 0 heterocycles. The van der Waals surface area contributed by atoms with Crippen LogP contribution in [0.5, 0.6) is 0 Å². The smallest absolute Gasteiger partial charge is 0.0989 e. The monoisotopic (exact) mass is 241 g/mol. The highest BCUT2D eigenvalue weighted by atomic mass is 16.3. The first-order chi connectivity index (χ1) is 8.75. The van der Waals surface area contributed by atoms with Gasteiger partial charge in [-0.25, -0.2) is 0 Å². The predicted molar refractivity (Wildman–Crippen MR) is 74.2 cm³/mol. The van der Waals surface area contributed by atoms with Crippen LogP contribution in [-0.2, 0) is 0 Å². The molecular formula is C16H19NO. The molecule has 0 aliphatic heterocycles. The van der Waals surface area contributed by atoms with Gasteiger partial charge in [0.15, 0.2) is 0 Å². The molecule has 0 amide bonds. The number of aliphatic hydroxyl groups is 1. The molecule has 2 N–H and O–H groups in total. The van der Waals surface area contributed by atoms with Gasteiger partial charge in [0.2, 0.25) is 0 Å². The van der Waals surface area contributed by atoms with Crippen LogP contribution >= 0.6 is 0 Å². The lowest BCUT2D eigenvalue weighted by molar-refractivity contribution is 0.0919. The zero-order valence-corrected chi connectivity index (χ0v) is 10.5. The third-order valence-corrected chi connectivity index (χ3v) is 3.63. The fourth-order valence-corrected chi connectivity index (χ4v) is 2.25. The van der Waals surface area contributed by atoms with Crippen molar-refractivity contribution in [3.63, 3.8) is 0 Å². The second kappa shape index (κ2) is 4.71. The molecule has 18 heavy (non-hydrogen) atoms. The fourth-order valence-electron chi connectivity index (χ4n) is 2.25. The number of nitrogens with one attached hydrogen (secondary N) is 1. The van der Waals surface area contributed by atoms with E-state index in [0.717, 1.165) is 0 Å². The SMILES string of the molecule is OC1(CNC2CC2)C=CC(c2ccccc2)=CC1. The van der Waals surface area contributed by atoms with Crippen molar-refractivity contribution < 1.29 is 5.11 Å². The van der Waals surface area contributed by atoms with Crippen molar-refractivity contribution >= 4 is 5.57 Å². The Morgan fingerprint density at radius 2 is 2.00 bits per heavy atom. The van der Waals surface area contributed by atoms with Crippen LogP contribution < -0.4 is 5.32 Å². The molecule has 0 saturated heterocycles. The fraction of sp³-hybridized carbons (Fsp3) is 0.375. The van der Waals surface area contributed by atoms with Gasteiger partial charge in [0.25, 0.3) is 0 Å². The lowest BCUT2D eigenvalue weighted by Gasteiger charge is -2.27. The lowest BCUT2D eigenvalue weighted by Crippen LogP contribution is -2.40. The van der Waals surface area contributed by atoms with Gasteiger partial charge in [-0.3, -0.25) is 0 Å². The summed E-state index contributed by atoms with van der Waals surface area (Å²) in [5.41, 5.74) is 1.71. The van der Waals surface area contributed by atoms with Crippen molar-refractivity contribution in [2.45, 2.75) is 30.9 Å². The lowest BCUT2D eigenvalue weighted by atomic mass is 9.89. The second-order valence-corrected chi connectivity index (χ2v) is 5.32. The van der Waals surface area contributed by atoms with Crippen LogP contribution in [0.2, 0.25) is 0 Å². The first-order valence-corrected chi connectivity index (χ1v) is 6.66. The number of allylic oxidation sites excluding steroid dienone is 2. The number of hydrogen-bond donors (Lipinski definition) is 2. The summed E-state index contributed by atoms with van der Waals surface area (Å²) in [6, 6.07) is 10.9. The molecular weight excluding hydrogens is 222 g/mol. The Balaban J connectivity index is 1.65. The molecule has 0 spiro atoms. The Morgan fingerprint density at radius 3 is 2.61 bits per heavy atom. The van der Waals surface area contributed by atoms with Crippen molar-refractivity contribution in [3.05, 3.63) is 54.1 Å². The zero-order valence-electron chi connectivity index (χ0n) is 10.5. The molecule has 2 aliphatic rings. The van der Waals surface area contributed by atoms with Crippen LogP contribution in [0.15, 0.2) is 48.6 Å². The second-order valence-electron chi connectivity index (χ2n) is 5.32. The quantitative estimate of drug-likeness (QED) is 0.849. The topological polar surface area (TPSA) is 32.3 Å². The van der Waals surface area contributed by atoms with Crippen molar-refractivity contribution in [1.29, 1.82) is 0 Å². The maximum Gasteiger partial charge on any atom is 0.0989 e. The maximum absolute atomic E-state index is 10.4. The van der Waals surface area contributed by atoms with Crippen LogP contribution in [0.25, 0.3) is 5.57 Å². The van der Waals surface area contributed by atoms with Gasteiger partial charge >= 0.3 is 0 Å². The molecule has 0 radical (unpaired) electrons. The standard InChI is InChI=1S/C16H19NO/c18-16(12-17-15-6-7-15)10-8-14(9-11-16)13-4-2-1-3-5-13/h1-5,8-10,15,17-18H,6-7,11-12H2. The van der Waals surface area contributed by atoms with Gasteiger partial charge in [0.1, 0.15) is 0 Å². The summed E-state index contributed by atoms with van der Waals surface area (Å²) in [4.78, 5) is 0. The van der Waals surface area contributed by atoms with E-state index in [-0.39, 0.29) is 0 Å². The minimum atomic E-state index is -0.707. The summed E-state index contributed by atoms with van der Waals surface area (Å²) < 4.78 is 0. The summed E-state index contributed by atoms with van der Waals surface area (Å²) in [6.07, 6.45) is 9.30. The molecule has 1 aromatic rings. The van der Waals surface area contributed by atoms with Crippen LogP contribution in [0.1, 0.15) is 24.8 Å². The summed E-state index contributed by atoms with van der Waals surface area (Å²) in [5, 5.41) is 13.8. The first kappa shape index (κ1) is 11.7. The largest absolute Gasteiger partial charge is 0.384 e. The summed E-state index contributed by atoms with van der Waals surface area (Å²) in [6.45, 7) is 0.659. The highest BCUT2D eigenvalue weighted by Crippen LogP contribution is 2.27. The highest BCUT2D eigenvalue weighted by Gasteiger charge is 2.29. The Kier molecular flexibility index (Phi) is 3.06. The molecule has 1 fully saturated rings. The average Bonchev–Trinajstić information content (AvgIpc) is 3.23. The van der Waals surface area contributed by atoms with Gasteiger partial charge in [0, 0.05) is 12.6 Å². The Labute approximate surface area is 108 Å². The molecule has 2 nitrogen and oxygen atoms in total. The van der Waals surface area contributed by atoms with Crippen molar-refractivity contribution in [2.24, 2.45) is 0 Å². The number of benzene rings is 1. The third-order valence-electron chi connectivity index (χ3n) is 3.63. The number of rotatable bonds is 4. The molecule has 94 valence electrons. The highest BCUT2D eigenvalue weighted by molar-refractivity contribution is 5.75. The van der Waals surface area contributed by atoms with E-state index < -0.39 is 5.60 Å². The summed E-state index contributed by atoms with van der Waals surface area (Å²) >= 11 is 0. The van der Waals surface area contributed by atoms with Crippen LogP contribution in [0.3, 0.4) is 0 Å². The van der Waals surface area contributed by atoms with Crippen LogP contribution in [0.4, 0.5) is 0 Å². The summed E-state index contributed by atoms with van der Waals surface area (Å²) in [7, 11) is 0. The van der Waals surface area contributed by atoms with E-state index in [2.05, 4.69) is 23.5 Å². The van der Waals surface area contributed by atoms with Crippen LogP contribution in [0, 0.1) is 0 Å². The molecule has 2 aliphatic carbocycles. The van der Waals surface area contributed by atoms with Gasteiger partial charge in [-0.2, -0.15) is 0 Å². The third kappa shape index (κ3) is 2.71. The van der Waals surface area contributed by atoms with E-state index in [4.69, 9.17) is 0 Å². The van der Waals surface area contributed by atoms with Crippen LogP contribution in [-0.4, -0.2) is 23.3 Å². The molecule has 0 bridgehead atoms. The maximum atomic E-state index is 10.4. The Morgan fingerprint density at radius 1 is 1.22 bits per heavy atom. The Bertz CT molecular complexity index is 473. The van der Waals surface area contributed by atoms with Crippen molar-refractivity contribution in [3.8, 4) is 0 Å². The first-order valence-electron chi connectivity index (χ1n) is 6.66. The van der Waals surface area contributed by atoms with Gasteiger partial charge in [-0.1, -0.05) is 48.6 Å². The predicted octanol–water partition coefficient (Wildman–Crippen LogP) is 2.51. The molecule has 1 aromatic carbocycles. The molecule has 2 heteroatoms. The van der Waals surface area contributed by atoms with Gasteiger partial charge in [-0.05, 0) is 30.4 Å². The van der Waals surface area contributed by atoms with Gasteiger partial charge in [0.05, 0.1) is 5.60 Å². The van der Waals surface area contributed by atoms with E-state index in [1.165, 1.54) is 24.0 Å². The van der Waals surface area contributed by atoms with E-state index in [1.54, 1.807) is 0 Å². The summed E-state index contributed by atoms with van der Waals surface area (Å²) in [5.74, 6) is 0. The molecule has 1 saturated carbocycles. The molecule has 3 rings (SSSR count). The molecule has 1 unspecified atom stereocenters. The average molecular weight is 241 g/mol. The van der Waals surface area contributed by atoms with E-state index in [1.807, 2.05) is 30.4 Å². The normalized spacial score (nSPS) is 27.1. The zero-order chi connectivity index (χ0) is 12.4. The van der Waals surface area contributed by atoms with E-state index in [0.29, 0.717) is 19.0 Å². The van der Waals surface area contributed by atoms with E-state index in [9.17, 15) is 5.11 Å². The Hall–Kier alpha value is -1.38. The minimum absolute atomic E-state index is 0.641. The van der Waals surface area contributed by atoms with E-state index >= 15 is 0 Å². The molecule has 1 atom stereocenters. The van der Waals surface area contributed by atoms with Crippen molar-refractivity contribution in [2.75, 3.05) is 6.54 Å². The number of hydrogen-bond acceptors (Lipinski definition) is 2. The van der Waals surface area contributed by atoms with Gasteiger partial charge < -0.3 is 10.4 Å². The van der Waals surface area contributed by atoms with Gasteiger partial charge in [-0.15, -0.1) is 0 Å².